The van der Waals surface area contributed by atoms with Crippen LogP contribution in [0, 0.1) is 11.3 Å². The second-order valence-electron chi connectivity index (χ2n) is 6.03. The number of nitrogens with zero attached hydrogens (tertiary/aromatic N) is 1. The molecular weight excluding hydrogens is 254 g/mol. The van der Waals surface area contributed by atoms with Gasteiger partial charge < -0.3 is 14.7 Å². The molecule has 1 aliphatic heterocycles. The Labute approximate surface area is 119 Å². The summed E-state index contributed by atoms with van der Waals surface area (Å²) < 4.78 is 5.37. The van der Waals surface area contributed by atoms with Crippen molar-refractivity contribution in [3.63, 3.8) is 0 Å². The zero-order chi connectivity index (χ0) is 14.0. The normalized spacial score (nSPS) is 28.4. The number of rotatable bonds is 3. The van der Waals surface area contributed by atoms with Crippen molar-refractivity contribution in [2.75, 3.05) is 19.7 Å². The third kappa shape index (κ3) is 2.40. The molecule has 3 rings (SSSR count). The lowest BCUT2D eigenvalue weighted by Gasteiger charge is -2.25. The van der Waals surface area contributed by atoms with Crippen LogP contribution < -0.4 is 0 Å². The summed E-state index contributed by atoms with van der Waals surface area (Å²) in [5.41, 5.74) is 0.934. The molecular formula is C16H21NO3. The van der Waals surface area contributed by atoms with Crippen LogP contribution in [0.25, 0.3) is 0 Å². The molecule has 1 saturated carbocycles. The number of carbonyl (C=O) groups excluding carboxylic acids is 1. The van der Waals surface area contributed by atoms with Gasteiger partial charge in [0.05, 0.1) is 6.61 Å². The van der Waals surface area contributed by atoms with E-state index in [-0.39, 0.29) is 18.1 Å². The highest BCUT2D eigenvalue weighted by molar-refractivity contribution is 5.68. The molecule has 0 unspecified atom stereocenters. The molecule has 0 spiro atoms. The zero-order valence-electron chi connectivity index (χ0n) is 11.6. The maximum absolute atomic E-state index is 12.1. The lowest BCUT2D eigenvalue weighted by molar-refractivity contribution is 0.0876. The first-order valence-electron chi connectivity index (χ1n) is 7.30. The van der Waals surface area contributed by atoms with Crippen molar-refractivity contribution in [2.45, 2.75) is 25.9 Å². The standard InChI is InChI=1S/C16H21NO3/c18-12-16-8-4-7-14(16)9-17(11-16)15(19)20-10-13-5-2-1-3-6-13/h1-3,5-6,14,18H,4,7-12H2/t14-,16+/m0/s1. The number of hydrogen-bond acceptors (Lipinski definition) is 3. The average molecular weight is 275 g/mol. The van der Waals surface area contributed by atoms with E-state index in [1.807, 2.05) is 30.3 Å². The number of fused-ring (bicyclic) bond motifs is 1. The van der Waals surface area contributed by atoms with Crippen LogP contribution in [-0.2, 0) is 11.3 Å². The van der Waals surface area contributed by atoms with Gasteiger partial charge in [0.15, 0.2) is 0 Å². The fraction of sp³-hybridized carbons (Fsp3) is 0.562. The number of benzene rings is 1. The van der Waals surface area contributed by atoms with Crippen molar-refractivity contribution in [1.29, 1.82) is 0 Å². The SMILES string of the molecule is O=C(OCc1ccccc1)N1C[C@@H]2CCC[C@]2(CO)C1. The first kappa shape index (κ1) is 13.4. The molecule has 0 aromatic heterocycles. The number of likely N-dealkylation sites (tertiary alicyclic amines) is 1. The van der Waals surface area contributed by atoms with Gasteiger partial charge >= 0.3 is 6.09 Å². The van der Waals surface area contributed by atoms with E-state index in [1.165, 1.54) is 0 Å². The van der Waals surface area contributed by atoms with E-state index >= 15 is 0 Å². The van der Waals surface area contributed by atoms with Gasteiger partial charge in [0.1, 0.15) is 6.61 Å². The smallest absolute Gasteiger partial charge is 0.410 e. The molecule has 2 aliphatic rings. The predicted octanol–water partition coefficient (Wildman–Crippen LogP) is 2.42. The molecule has 4 heteroatoms. The summed E-state index contributed by atoms with van der Waals surface area (Å²) in [6.07, 6.45) is 3.05. The number of ether oxygens (including phenoxy) is 1. The minimum absolute atomic E-state index is 0.0637. The van der Waals surface area contributed by atoms with E-state index in [9.17, 15) is 9.90 Å². The van der Waals surface area contributed by atoms with Crippen LogP contribution in [0.2, 0.25) is 0 Å². The molecule has 0 radical (unpaired) electrons. The highest BCUT2D eigenvalue weighted by Crippen LogP contribution is 2.48. The Morgan fingerprint density at radius 3 is 2.90 bits per heavy atom. The zero-order valence-corrected chi connectivity index (χ0v) is 11.6. The minimum Gasteiger partial charge on any atom is -0.445 e. The highest BCUT2D eigenvalue weighted by atomic mass is 16.6. The predicted molar refractivity (Wildman–Crippen MR) is 75.1 cm³/mol. The Bertz CT molecular complexity index is 476. The van der Waals surface area contributed by atoms with Gasteiger partial charge in [-0.15, -0.1) is 0 Å². The Hall–Kier alpha value is -1.55. The van der Waals surface area contributed by atoms with Crippen molar-refractivity contribution in [2.24, 2.45) is 11.3 Å². The van der Waals surface area contributed by atoms with E-state index in [0.717, 1.165) is 31.4 Å². The Morgan fingerprint density at radius 2 is 2.20 bits per heavy atom. The van der Waals surface area contributed by atoms with E-state index in [4.69, 9.17) is 4.74 Å². The van der Waals surface area contributed by atoms with Gasteiger partial charge in [0, 0.05) is 18.5 Å². The first-order valence-corrected chi connectivity index (χ1v) is 7.30. The van der Waals surface area contributed by atoms with Crippen molar-refractivity contribution in [3.05, 3.63) is 35.9 Å². The summed E-state index contributed by atoms with van der Waals surface area (Å²) in [4.78, 5) is 13.9. The maximum Gasteiger partial charge on any atom is 0.410 e. The highest BCUT2D eigenvalue weighted by Gasteiger charge is 2.50. The largest absolute Gasteiger partial charge is 0.445 e. The van der Waals surface area contributed by atoms with E-state index in [1.54, 1.807) is 4.90 Å². The molecule has 108 valence electrons. The Morgan fingerprint density at radius 1 is 1.40 bits per heavy atom. The van der Waals surface area contributed by atoms with Gasteiger partial charge in [-0.1, -0.05) is 36.8 Å². The van der Waals surface area contributed by atoms with Crippen molar-refractivity contribution >= 4 is 6.09 Å². The summed E-state index contributed by atoms with van der Waals surface area (Å²) in [6.45, 7) is 1.86. The minimum atomic E-state index is -0.254. The third-order valence-corrected chi connectivity index (χ3v) is 4.82. The summed E-state index contributed by atoms with van der Waals surface area (Å²) in [5, 5.41) is 9.66. The molecule has 1 heterocycles. The molecule has 4 nitrogen and oxygen atoms in total. The molecule has 1 aromatic rings. The van der Waals surface area contributed by atoms with Gasteiger partial charge in [0.2, 0.25) is 0 Å². The van der Waals surface area contributed by atoms with Crippen LogP contribution in [-0.4, -0.2) is 35.8 Å². The van der Waals surface area contributed by atoms with Crippen molar-refractivity contribution in [3.8, 4) is 0 Å². The second-order valence-corrected chi connectivity index (χ2v) is 6.03. The van der Waals surface area contributed by atoms with E-state index in [0.29, 0.717) is 19.1 Å². The third-order valence-electron chi connectivity index (χ3n) is 4.82. The Balaban J connectivity index is 1.57. The molecule has 1 amide bonds. The summed E-state index contributed by atoms with van der Waals surface area (Å²) >= 11 is 0. The molecule has 1 aliphatic carbocycles. The van der Waals surface area contributed by atoms with Gasteiger partial charge in [-0.2, -0.15) is 0 Å². The lowest BCUT2D eigenvalue weighted by atomic mass is 9.82. The van der Waals surface area contributed by atoms with Crippen LogP contribution in [0.4, 0.5) is 4.79 Å². The molecule has 20 heavy (non-hydrogen) atoms. The van der Waals surface area contributed by atoms with Crippen molar-refractivity contribution in [1.82, 2.24) is 4.90 Å². The molecule has 1 N–H and O–H groups in total. The lowest BCUT2D eigenvalue weighted by Crippen LogP contribution is -2.34. The van der Waals surface area contributed by atoms with Gasteiger partial charge in [0.25, 0.3) is 0 Å². The van der Waals surface area contributed by atoms with E-state index in [2.05, 4.69) is 0 Å². The number of aliphatic hydroxyl groups excluding tert-OH is 1. The maximum atomic E-state index is 12.1. The molecule has 2 fully saturated rings. The van der Waals surface area contributed by atoms with Crippen LogP contribution >= 0.6 is 0 Å². The molecule has 0 bridgehead atoms. The summed E-state index contributed by atoms with van der Waals surface area (Å²) in [6, 6.07) is 9.70. The van der Waals surface area contributed by atoms with Crippen LogP contribution in [0.1, 0.15) is 24.8 Å². The number of carbonyl (C=O) groups is 1. The van der Waals surface area contributed by atoms with Gasteiger partial charge in [-0.3, -0.25) is 0 Å². The van der Waals surface area contributed by atoms with Crippen LogP contribution in [0.5, 0.6) is 0 Å². The van der Waals surface area contributed by atoms with Gasteiger partial charge in [-0.25, -0.2) is 4.79 Å². The number of aliphatic hydroxyl groups is 1. The van der Waals surface area contributed by atoms with Crippen LogP contribution in [0.3, 0.4) is 0 Å². The summed E-state index contributed by atoms with van der Waals surface area (Å²) in [7, 11) is 0. The number of hydrogen-bond donors (Lipinski definition) is 1. The quantitative estimate of drug-likeness (QED) is 0.921. The first-order chi connectivity index (χ1) is 9.73. The Kier molecular flexibility index (Phi) is 3.66. The molecule has 1 saturated heterocycles. The van der Waals surface area contributed by atoms with E-state index < -0.39 is 0 Å². The van der Waals surface area contributed by atoms with Crippen LogP contribution in [0.15, 0.2) is 30.3 Å². The fourth-order valence-corrected chi connectivity index (χ4v) is 3.62. The summed E-state index contributed by atoms with van der Waals surface area (Å²) in [5.74, 6) is 0.441. The number of amides is 1. The fourth-order valence-electron chi connectivity index (χ4n) is 3.62. The van der Waals surface area contributed by atoms with Gasteiger partial charge in [-0.05, 0) is 24.3 Å². The van der Waals surface area contributed by atoms with Crippen molar-refractivity contribution < 1.29 is 14.6 Å². The monoisotopic (exact) mass is 275 g/mol. The second kappa shape index (κ2) is 5.44. The topological polar surface area (TPSA) is 49.8 Å². The molecule has 1 aromatic carbocycles. The average Bonchev–Trinajstić information content (AvgIpc) is 3.03. The molecule has 2 atom stereocenters.